The van der Waals surface area contributed by atoms with Crippen LogP contribution in [0.3, 0.4) is 0 Å². The van der Waals surface area contributed by atoms with Gasteiger partial charge in [-0.1, -0.05) is 0 Å². The van der Waals surface area contributed by atoms with Crippen molar-refractivity contribution < 1.29 is 38.6 Å². The number of phosphoric ester groups is 1. The molecule has 1 aliphatic rings. The Morgan fingerprint density at radius 1 is 1.29 bits per heavy atom. The zero-order chi connectivity index (χ0) is 20.6. The fraction of sp³-hybridized carbons (Fsp3) is 0.357. The summed E-state index contributed by atoms with van der Waals surface area (Å²) in [5.41, 5.74) is -1.64. The van der Waals surface area contributed by atoms with E-state index >= 15 is 0 Å². The molecule has 1 saturated heterocycles. The molecule has 0 radical (unpaired) electrons. The maximum Gasteiger partial charge on any atom is 0.469 e. The Balaban J connectivity index is 1.93. The summed E-state index contributed by atoms with van der Waals surface area (Å²) >= 11 is 1.01. The first kappa shape index (κ1) is 20.8. The summed E-state index contributed by atoms with van der Waals surface area (Å²) < 4.78 is 21.2. The number of nitrogens with one attached hydrogen (secondary N) is 1. The van der Waals surface area contributed by atoms with E-state index < -0.39 is 50.2 Å². The SMILES string of the molecule is O=Cc1ccc(-c2cn([C@@H]3O[C@H](COP(=O)(O)O)[C@@H](O)[C@H]3O)c(=O)[nH]c2=O)s1. The number of H-pyrrole nitrogens is 1. The molecular formula is C14H15N2O10PS. The average Bonchev–Trinajstić information content (AvgIpc) is 3.19. The number of carbonyl (C=O) groups is 1. The second kappa shape index (κ2) is 7.81. The molecule has 2 aromatic rings. The van der Waals surface area contributed by atoms with Gasteiger partial charge in [0.1, 0.15) is 18.3 Å². The van der Waals surface area contributed by atoms with Crippen molar-refractivity contribution in [2.24, 2.45) is 0 Å². The van der Waals surface area contributed by atoms with Crippen LogP contribution in [0.1, 0.15) is 15.9 Å². The van der Waals surface area contributed by atoms with Crippen LogP contribution in [0.5, 0.6) is 0 Å². The largest absolute Gasteiger partial charge is 0.469 e. The van der Waals surface area contributed by atoms with E-state index in [0.717, 1.165) is 22.1 Å². The maximum absolute atomic E-state index is 12.2. The Morgan fingerprint density at radius 2 is 2.00 bits per heavy atom. The highest BCUT2D eigenvalue weighted by Gasteiger charge is 2.45. The summed E-state index contributed by atoms with van der Waals surface area (Å²) in [5, 5.41) is 20.2. The standard InChI is InChI=1S/C14H15N2O10PS/c17-4-6-1-2-9(28-6)7-3-16(14(21)15-12(7)20)13-11(19)10(18)8(26-13)5-25-27(22,23)24/h1-4,8,10-11,13,18-19H,5H2,(H,15,20,21)(H2,22,23,24)/t8-,10-,11-,13-/m1/s1. The lowest BCUT2D eigenvalue weighted by atomic mass is 10.1. The molecule has 28 heavy (non-hydrogen) atoms. The van der Waals surface area contributed by atoms with Crippen LogP contribution in [0.25, 0.3) is 10.4 Å². The minimum Gasteiger partial charge on any atom is -0.387 e. The molecule has 3 rings (SSSR count). The third-order valence-electron chi connectivity index (χ3n) is 3.99. The fourth-order valence-corrected chi connectivity index (χ4v) is 3.85. The van der Waals surface area contributed by atoms with Gasteiger partial charge in [-0.15, -0.1) is 11.3 Å². The van der Waals surface area contributed by atoms with Gasteiger partial charge in [0, 0.05) is 11.1 Å². The molecule has 1 fully saturated rings. The van der Waals surface area contributed by atoms with Gasteiger partial charge in [-0.2, -0.15) is 0 Å². The Kier molecular flexibility index (Phi) is 5.79. The zero-order valence-corrected chi connectivity index (χ0v) is 15.6. The molecule has 3 heterocycles. The molecule has 0 unspecified atom stereocenters. The van der Waals surface area contributed by atoms with Crippen LogP contribution >= 0.6 is 19.2 Å². The highest BCUT2D eigenvalue weighted by Crippen LogP contribution is 2.38. The number of phosphoric acid groups is 1. The topological polar surface area (TPSA) is 188 Å². The van der Waals surface area contributed by atoms with E-state index in [9.17, 15) is 29.2 Å². The number of aromatic amines is 1. The Hall–Kier alpha value is -1.96. The van der Waals surface area contributed by atoms with Crippen LogP contribution in [0.15, 0.2) is 27.9 Å². The van der Waals surface area contributed by atoms with Gasteiger partial charge in [-0.25, -0.2) is 9.36 Å². The number of thiophene rings is 1. The third kappa shape index (κ3) is 4.21. The highest BCUT2D eigenvalue weighted by atomic mass is 32.1. The normalized spacial score (nSPS) is 25.1. The molecule has 0 aromatic carbocycles. The van der Waals surface area contributed by atoms with Crippen molar-refractivity contribution in [3.8, 4) is 10.4 Å². The van der Waals surface area contributed by atoms with Gasteiger partial charge in [0.15, 0.2) is 12.5 Å². The lowest BCUT2D eigenvalue weighted by Gasteiger charge is -2.17. The van der Waals surface area contributed by atoms with Crippen molar-refractivity contribution in [2.45, 2.75) is 24.5 Å². The lowest BCUT2D eigenvalue weighted by Crippen LogP contribution is -2.38. The van der Waals surface area contributed by atoms with E-state index in [4.69, 9.17) is 14.5 Å². The molecule has 152 valence electrons. The summed E-state index contributed by atoms with van der Waals surface area (Å²) in [5.74, 6) is 0. The Labute approximate surface area is 159 Å². The quantitative estimate of drug-likeness (QED) is 0.273. The van der Waals surface area contributed by atoms with Gasteiger partial charge in [0.05, 0.1) is 17.0 Å². The Bertz CT molecular complexity index is 1040. The lowest BCUT2D eigenvalue weighted by molar-refractivity contribution is -0.0542. The number of aliphatic hydroxyl groups excluding tert-OH is 2. The first-order chi connectivity index (χ1) is 13.1. The van der Waals surface area contributed by atoms with Crippen molar-refractivity contribution in [2.75, 3.05) is 6.61 Å². The molecule has 0 saturated carbocycles. The highest BCUT2D eigenvalue weighted by molar-refractivity contribution is 7.46. The molecule has 2 aromatic heterocycles. The molecular weight excluding hydrogens is 419 g/mol. The molecule has 0 bridgehead atoms. The van der Waals surface area contributed by atoms with Gasteiger partial charge < -0.3 is 24.7 Å². The molecule has 0 aliphatic carbocycles. The number of carbonyl (C=O) groups excluding carboxylic acids is 1. The van der Waals surface area contributed by atoms with Crippen molar-refractivity contribution >= 4 is 25.4 Å². The van der Waals surface area contributed by atoms with Crippen molar-refractivity contribution in [3.63, 3.8) is 0 Å². The number of hydrogen-bond acceptors (Lipinski definition) is 9. The van der Waals surface area contributed by atoms with Crippen LogP contribution in [0.2, 0.25) is 0 Å². The van der Waals surface area contributed by atoms with E-state index in [1.165, 1.54) is 12.1 Å². The number of ether oxygens (including phenoxy) is 1. The molecule has 14 heteroatoms. The maximum atomic E-state index is 12.2. The number of aldehydes is 1. The number of aromatic nitrogens is 2. The van der Waals surface area contributed by atoms with Crippen LogP contribution < -0.4 is 11.2 Å². The molecule has 4 atom stereocenters. The smallest absolute Gasteiger partial charge is 0.387 e. The molecule has 1 aliphatic heterocycles. The summed E-state index contributed by atoms with van der Waals surface area (Å²) in [4.78, 5) is 55.4. The monoisotopic (exact) mass is 434 g/mol. The predicted molar refractivity (Wildman–Crippen MR) is 93.9 cm³/mol. The van der Waals surface area contributed by atoms with E-state index in [1.54, 1.807) is 0 Å². The van der Waals surface area contributed by atoms with E-state index in [0.29, 0.717) is 16.0 Å². The number of aliphatic hydroxyl groups is 2. The summed E-state index contributed by atoms with van der Waals surface area (Å²) in [6.07, 6.45) is -4.33. The van der Waals surface area contributed by atoms with E-state index in [-0.39, 0.29) is 5.56 Å². The van der Waals surface area contributed by atoms with Gasteiger partial charge in [0.2, 0.25) is 0 Å². The third-order valence-corrected chi connectivity index (χ3v) is 5.52. The summed E-state index contributed by atoms with van der Waals surface area (Å²) in [6, 6.07) is 2.99. The number of hydrogen-bond donors (Lipinski definition) is 5. The summed E-state index contributed by atoms with van der Waals surface area (Å²) in [7, 11) is -4.84. The molecule has 0 amide bonds. The van der Waals surface area contributed by atoms with E-state index in [1.807, 2.05) is 0 Å². The van der Waals surface area contributed by atoms with Crippen LogP contribution in [-0.4, -0.2) is 60.8 Å². The minimum atomic E-state index is -4.84. The molecule has 5 N–H and O–H groups in total. The second-order valence-electron chi connectivity index (χ2n) is 5.86. The van der Waals surface area contributed by atoms with E-state index in [2.05, 4.69) is 9.51 Å². The Morgan fingerprint density at radius 3 is 2.61 bits per heavy atom. The van der Waals surface area contributed by atoms with Crippen LogP contribution in [-0.2, 0) is 13.8 Å². The first-order valence-electron chi connectivity index (χ1n) is 7.73. The fourth-order valence-electron chi connectivity index (χ4n) is 2.68. The first-order valence-corrected chi connectivity index (χ1v) is 10.1. The molecule has 12 nitrogen and oxygen atoms in total. The summed E-state index contributed by atoms with van der Waals surface area (Å²) in [6.45, 7) is -0.739. The van der Waals surface area contributed by atoms with Crippen molar-refractivity contribution in [1.82, 2.24) is 9.55 Å². The second-order valence-corrected chi connectivity index (χ2v) is 8.22. The van der Waals surface area contributed by atoms with Crippen LogP contribution in [0.4, 0.5) is 0 Å². The van der Waals surface area contributed by atoms with Gasteiger partial charge >= 0.3 is 13.5 Å². The number of nitrogens with zero attached hydrogens (tertiary/aromatic N) is 1. The van der Waals surface area contributed by atoms with Crippen LogP contribution in [0, 0.1) is 0 Å². The van der Waals surface area contributed by atoms with Crippen molar-refractivity contribution in [3.05, 3.63) is 44.0 Å². The van der Waals surface area contributed by atoms with Crippen molar-refractivity contribution in [1.29, 1.82) is 0 Å². The van der Waals surface area contributed by atoms with Gasteiger partial charge in [0.25, 0.3) is 5.56 Å². The minimum absolute atomic E-state index is 0.0258. The number of rotatable bonds is 6. The average molecular weight is 434 g/mol. The molecule has 0 spiro atoms. The van der Waals surface area contributed by atoms with Gasteiger partial charge in [-0.05, 0) is 12.1 Å². The zero-order valence-electron chi connectivity index (χ0n) is 13.9. The van der Waals surface area contributed by atoms with Gasteiger partial charge in [-0.3, -0.25) is 23.7 Å². The predicted octanol–water partition coefficient (Wildman–Crippen LogP) is -1.19.